The predicted octanol–water partition coefficient (Wildman–Crippen LogP) is 8.59. The van der Waals surface area contributed by atoms with Crippen molar-refractivity contribution in [3.63, 3.8) is 0 Å². The number of carbonyl (C=O) groups excluding carboxylic acids is 3. The number of nitrogens with one attached hydrogen (secondary N) is 1. The summed E-state index contributed by atoms with van der Waals surface area (Å²) in [5.41, 5.74) is 4.69. The van der Waals surface area contributed by atoms with Gasteiger partial charge in [-0.05, 0) is 89.9 Å². The van der Waals surface area contributed by atoms with Gasteiger partial charge in [0, 0.05) is 21.2 Å². The number of nitrogens with zero attached hydrogens (tertiary/aromatic N) is 1. The molecule has 0 unspecified atom stereocenters. The molecule has 7 nitrogen and oxygen atoms in total. The summed E-state index contributed by atoms with van der Waals surface area (Å²) in [6.45, 7) is 4.58. The van der Waals surface area contributed by atoms with Crippen molar-refractivity contribution >= 4 is 63.6 Å². The van der Waals surface area contributed by atoms with E-state index in [2.05, 4.69) is 18.3 Å². The molecule has 6 rings (SSSR count). The fraction of sp³-hybridized carbons (Fsp3) is 0.108. The number of halogens is 2. The number of anilines is 1. The van der Waals surface area contributed by atoms with E-state index in [0.717, 1.165) is 32.4 Å². The Bertz CT molecular complexity index is 2040. The molecule has 5 aromatic rings. The number of ether oxygens (including phenoxy) is 2. The van der Waals surface area contributed by atoms with E-state index in [0.29, 0.717) is 33.7 Å². The molecule has 1 heterocycles. The van der Waals surface area contributed by atoms with Crippen LogP contribution in [0.5, 0.6) is 11.5 Å². The van der Waals surface area contributed by atoms with E-state index < -0.39 is 17.8 Å². The fourth-order valence-electron chi connectivity index (χ4n) is 5.13. The van der Waals surface area contributed by atoms with Crippen LogP contribution in [0.15, 0.2) is 103 Å². The van der Waals surface area contributed by atoms with E-state index in [1.165, 1.54) is 11.6 Å². The first-order chi connectivity index (χ1) is 22.2. The van der Waals surface area contributed by atoms with Gasteiger partial charge in [-0.15, -0.1) is 0 Å². The third kappa shape index (κ3) is 6.47. The molecule has 0 atom stereocenters. The first-order valence-corrected chi connectivity index (χ1v) is 15.2. The zero-order chi connectivity index (χ0) is 32.4. The fourth-order valence-corrected chi connectivity index (χ4v) is 5.60. The third-order valence-corrected chi connectivity index (χ3v) is 8.38. The lowest BCUT2D eigenvalue weighted by Crippen LogP contribution is -2.54. The summed E-state index contributed by atoms with van der Waals surface area (Å²) in [6.07, 6.45) is 1.49. The zero-order valence-corrected chi connectivity index (χ0v) is 26.5. The van der Waals surface area contributed by atoms with E-state index in [1.807, 2.05) is 55.5 Å². The first kappa shape index (κ1) is 30.9. The van der Waals surface area contributed by atoms with Gasteiger partial charge in [-0.3, -0.25) is 14.9 Å². The molecule has 4 amide bonds. The summed E-state index contributed by atoms with van der Waals surface area (Å²) < 4.78 is 12.1. The normalized spacial score (nSPS) is 14.1. The predicted molar refractivity (Wildman–Crippen MR) is 180 cm³/mol. The Morgan fingerprint density at radius 2 is 1.57 bits per heavy atom. The van der Waals surface area contributed by atoms with Gasteiger partial charge in [0.25, 0.3) is 11.8 Å². The number of carbonyl (C=O) groups is 3. The molecule has 9 heteroatoms. The molecule has 0 radical (unpaired) electrons. The number of hydrogen-bond donors (Lipinski definition) is 1. The minimum Gasteiger partial charge on any atom is -0.489 e. The van der Waals surface area contributed by atoms with Crippen LogP contribution in [-0.4, -0.2) is 17.8 Å². The van der Waals surface area contributed by atoms with Crippen LogP contribution in [0.1, 0.15) is 27.8 Å². The topological polar surface area (TPSA) is 84.9 Å². The molecule has 5 aromatic carbocycles. The van der Waals surface area contributed by atoms with Gasteiger partial charge in [0.15, 0.2) is 0 Å². The van der Waals surface area contributed by atoms with Crippen LogP contribution in [0.3, 0.4) is 0 Å². The highest BCUT2D eigenvalue weighted by Gasteiger charge is 2.37. The number of aryl methyl sites for hydroxylation is 2. The largest absolute Gasteiger partial charge is 0.489 e. The number of hydrogen-bond acceptors (Lipinski definition) is 5. The van der Waals surface area contributed by atoms with E-state index >= 15 is 0 Å². The van der Waals surface area contributed by atoms with Crippen LogP contribution >= 0.6 is 23.2 Å². The summed E-state index contributed by atoms with van der Waals surface area (Å²) in [7, 11) is 0. The van der Waals surface area contributed by atoms with Crippen LogP contribution in [0.2, 0.25) is 10.0 Å². The monoisotopic (exact) mass is 650 g/mol. The lowest BCUT2D eigenvalue weighted by atomic mass is 9.99. The molecule has 0 saturated carbocycles. The Balaban J connectivity index is 1.28. The molecule has 1 aliphatic rings. The average molecular weight is 652 g/mol. The molecule has 0 aromatic heterocycles. The number of fused-ring (bicyclic) bond motifs is 1. The molecule has 0 spiro atoms. The first-order valence-electron chi connectivity index (χ1n) is 14.5. The summed E-state index contributed by atoms with van der Waals surface area (Å²) in [4.78, 5) is 40.7. The summed E-state index contributed by atoms with van der Waals surface area (Å²) in [5, 5.41) is 5.00. The molecule has 1 fully saturated rings. The second kappa shape index (κ2) is 13.1. The summed E-state index contributed by atoms with van der Waals surface area (Å²) >= 11 is 12.2. The van der Waals surface area contributed by atoms with Crippen molar-refractivity contribution in [3.8, 4) is 11.5 Å². The lowest BCUT2D eigenvalue weighted by Gasteiger charge is -2.26. The highest BCUT2D eigenvalue weighted by atomic mass is 35.5. The highest BCUT2D eigenvalue weighted by molar-refractivity contribution is 6.39. The van der Waals surface area contributed by atoms with Crippen LogP contribution in [0.25, 0.3) is 16.8 Å². The lowest BCUT2D eigenvalue weighted by molar-refractivity contribution is -0.122. The van der Waals surface area contributed by atoms with E-state index in [4.69, 9.17) is 32.7 Å². The standard InChI is InChI=1S/C37H28Cl2N2O5/c1-22-7-8-24(17-23(22)2)20-46-34-16-10-25-5-3-4-6-30(25)31(34)19-32-35(42)40-37(44)41(36(32)43)28-12-14-29(15-13-28)45-21-26-9-11-27(38)18-33(26)39/h3-19H,20-21H2,1-2H3,(H,40,42,44)/b32-19+. The molecule has 1 saturated heterocycles. The molecule has 46 heavy (non-hydrogen) atoms. The van der Waals surface area contributed by atoms with Gasteiger partial charge in [-0.25, -0.2) is 9.69 Å². The quantitative estimate of drug-likeness (QED) is 0.134. The second-order valence-electron chi connectivity index (χ2n) is 10.9. The second-order valence-corrected chi connectivity index (χ2v) is 11.7. The van der Waals surface area contributed by atoms with Crippen molar-refractivity contribution in [2.45, 2.75) is 27.1 Å². The number of amides is 4. The Hall–Kier alpha value is -5.11. The van der Waals surface area contributed by atoms with Gasteiger partial charge in [-0.1, -0.05) is 77.8 Å². The Morgan fingerprint density at radius 3 is 2.33 bits per heavy atom. The van der Waals surface area contributed by atoms with Gasteiger partial charge < -0.3 is 9.47 Å². The van der Waals surface area contributed by atoms with Crippen LogP contribution in [0, 0.1) is 13.8 Å². The molecule has 1 aliphatic heterocycles. The maximum atomic E-state index is 13.8. The molecule has 230 valence electrons. The highest BCUT2D eigenvalue weighted by Crippen LogP contribution is 2.33. The Labute approximate surface area is 276 Å². The van der Waals surface area contributed by atoms with E-state index in [-0.39, 0.29) is 17.9 Å². The number of imide groups is 2. The minimum atomic E-state index is -0.849. The number of rotatable bonds is 8. The molecular weight excluding hydrogens is 623 g/mol. The summed E-state index contributed by atoms with van der Waals surface area (Å²) in [5.74, 6) is -0.564. The van der Waals surface area contributed by atoms with Gasteiger partial charge in [0.2, 0.25) is 0 Å². The van der Waals surface area contributed by atoms with Crippen LogP contribution in [0.4, 0.5) is 10.5 Å². The van der Waals surface area contributed by atoms with Crippen molar-refractivity contribution in [2.75, 3.05) is 4.90 Å². The van der Waals surface area contributed by atoms with Crippen molar-refractivity contribution < 1.29 is 23.9 Å². The Morgan fingerprint density at radius 1 is 0.783 bits per heavy atom. The van der Waals surface area contributed by atoms with Crippen molar-refractivity contribution in [3.05, 3.63) is 140 Å². The Kier molecular flexibility index (Phi) is 8.79. The summed E-state index contributed by atoms with van der Waals surface area (Å²) in [6, 6.07) is 28.2. The minimum absolute atomic E-state index is 0.193. The SMILES string of the molecule is Cc1ccc(COc2ccc3ccccc3c2/C=C2\C(=O)NC(=O)N(c3ccc(OCc4ccc(Cl)cc4Cl)cc3)C2=O)cc1C. The van der Waals surface area contributed by atoms with Gasteiger partial charge in [0.05, 0.1) is 5.69 Å². The van der Waals surface area contributed by atoms with Crippen molar-refractivity contribution in [1.82, 2.24) is 5.32 Å². The number of barbiturate groups is 1. The van der Waals surface area contributed by atoms with Crippen LogP contribution in [-0.2, 0) is 22.8 Å². The smallest absolute Gasteiger partial charge is 0.335 e. The van der Waals surface area contributed by atoms with Gasteiger partial charge in [-0.2, -0.15) is 0 Å². The number of urea groups is 1. The number of benzene rings is 5. The third-order valence-electron chi connectivity index (χ3n) is 7.79. The maximum absolute atomic E-state index is 13.8. The zero-order valence-electron chi connectivity index (χ0n) is 25.0. The maximum Gasteiger partial charge on any atom is 0.335 e. The molecule has 1 N–H and O–H groups in total. The van der Waals surface area contributed by atoms with Crippen LogP contribution < -0.4 is 19.7 Å². The molecular formula is C37H28Cl2N2O5. The average Bonchev–Trinajstić information content (AvgIpc) is 3.04. The molecule has 0 bridgehead atoms. The van der Waals surface area contributed by atoms with Crippen molar-refractivity contribution in [2.24, 2.45) is 0 Å². The van der Waals surface area contributed by atoms with Gasteiger partial charge >= 0.3 is 6.03 Å². The van der Waals surface area contributed by atoms with E-state index in [9.17, 15) is 14.4 Å². The van der Waals surface area contributed by atoms with E-state index in [1.54, 1.807) is 42.5 Å². The molecule has 0 aliphatic carbocycles. The van der Waals surface area contributed by atoms with Crippen molar-refractivity contribution in [1.29, 1.82) is 0 Å². The van der Waals surface area contributed by atoms with Gasteiger partial charge in [0.1, 0.15) is 30.3 Å².